The summed E-state index contributed by atoms with van der Waals surface area (Å²) >= 11 is -0.459. The van der Waals surface area contributed by atoms with Crippen LogP contribution < -0.4 is 9.30 Å². The maximum absolute atomic E-state index is 14.6. The number of hydrogen-bond donors (Lipinski definition) is 0. The Labute approximate surface area is 135 Å². The first-order chi connectivity index (χ1) is 9.51. The molecular weight excluding hydrogens is 354 g/mol. The zero-order valence-electron chi connectivity index (χ0n) is 13.7. The van der Waals surface area contributed by atoms with Crippen molar-refractivity contribution in [1.82, 2.24) is 0 Å². The molecule has 0 heterocycles. The van der Waals surface area contributed by atoms with Gasteiger partial charge in [0, 0.05) is 0 Å². The third-order valence-corrected chi connectivity index (χ3v) is 13.7. The Morgan fingerprint density at radius 2 is 0.952 bits per heavy atom. The second kappa shape index (κ2) is 6.50. The second-order valence-electron chi connectivity index (χ2n) is 6.65. The predicted octanol–water partition coefficient (Wildman–Crippen LogP) is 3.39. The zero-order valence-corrected chi connectivity index (χ0v) is 18.9. The van der Waals surface area contributed by atoms with Crippen molar-refractivity contribution in [2.75, 3.05) is 0 Å². The van der Waals surface area contributed by atoms with Crippen molar-refractivity contribution in [1.29, 1.82) is 0 Å². The maximum atomic E-state index is 14.6. The quantitative estimate of drug-likeness (QED) is 0.429. The third kappa shape index (κ3) is 2.74. The van der Waals surface area contributed by atoms with Crippen LogP contribution in [0.1, 0.15) is 41.5 Å². The molecule has 0 radical (unpaired) electrons. The molecule has 0 aromatic heterocycles. The molecule has 0 saturated carbocycles. The van der Waals surface area contributed by atoms with Crippen LogP contribution in [0.3, 0.4) is 0 Å². The summed E-state index contributed by atoms with van der Waals surface area (Å²) in [4.78, 5) is 0. The van der Waals surface area contributed by atoms with Gasteiger partial charge in [-0.1, -0.05) is 0 Å². The summed E-state index contributed by atoms with van der Waals surface area (Å²) in [5.41, 5.74) is -0.0707. The van der Waals surface area contributed by atoms with Gasteiger partial charge in [-0.2, -0.15) is 0 Å². The average Bonchev–Trinajstić information content (AvgIpc) is 2.37. The van der Waals surface area contributed by atoms with E-state index < -0.39 is 54.1 Å². The van der Waals surface area contributed by atoms with E-state index in [1.165, 1.54) is 0 Å². The molecule has 0 saturated heterocycles. The Kier molecular flexibility index (Phi) is 5.83. The van der Waals surface area contributed by atoms with Crippen LogP contribution in [0, 0.1) is 23.3 Å². The summed E-state index contributed by atoms with van der Waals surface area (Å²) in [6.07, 6.45) is 0. The Morgan fingerprint density at radius 1 is 0.667 bits per heavy atom. The van der Waals surface area contributed by atoms with Crippen molar-refractivity contribution >= 4 is 36.0 Å². The summed E-state index contributed by atoms with van der Waals surface area (Å²) in [5.74, 6) is -4.66. The van der Waals surface area contributed by atoms with E-state index in [0.717, 1.165) is 0 Å². The van der Waals surface area contributed by atoms with Gasteiger partial charge in [0.25, 0.3) is 0 Å². The fourth-order valence-corrected chi connectivity index (χ4v) is 11.6. The SMILES string of the molecule is CC(C)[Si](c1c(F)c(F)[c]([GaH2])c(F)c1F)(C(C)C)C(C)C. The molecule has 0 spiro atoms. The molecule has 0 atom stereocenters. The van der Waals surface area contributed by atoms with Crippen LogP contribution in [0.2, 0.25) is 16.6 Å². The van der Waals surface area contributed by atoms with Crippen LogP contribution in [0.25, 0.3) is 0 Å². The van der Waals surface area contributed by atoms with Crippen molar-refractivity contribution in [2.24, 2.45) is 0 Å². The molecule has 1 rings (SSSR count). The van der Waals surface area contributed by atoms with Gasteiger partial charge in [0.05, 0.1) is 0 Å². The van der Waals surface area contributed by atoms with Crippen molar-refractivity contribution in [3.63, 3.8) is 0 Å². The summed E-state index contributed by atoms with van der Waals surface area (Å²) in [5, 5.41) is -0.287. The van der Waals surface area contributed by atoms with Gasteiger partial charge in [0.15, 0.2) is 0 Å². The summed E-state index contributed by atoms with van der Waals surface area (Å²) in [6.45, 7) is 11.4. The molecule has 0 amide bonds. The van der Waals surface area contributed by atoms with E-state index in [1.54, 1.807) is 0 Å². The molecule has 0 aliphatic heterocycles. The van der Waals surface area contributed by atoms with Crippen LogP contribution in [-0.2, 0) is 0 Å². The number of rotatable bonds is 4. The van der Waals surface area contributed by atoms with Crippen LogP contribution in [0.5, 0.6) is 0 Å². The molecule has 1 aromatic carbocycles. The van der Waals surface area contributed by atoms with Gasteiger partial charge in [0.2, 0.25) is 0 Å². The van der Waals surface area contributed by atoms with Gasteiger partial charge in [-0.25, -0.2) is 0 Å². The molecule has 1 aromatic rings. The number of benzene rings is 1. The minimum atomic E-state index is -2.79. The molecule has 21 heavy (non-hydrogen) atoms. The van der Waals surface area contributed by atoms with E-state index in [4.69, 9.17) is 0 Å². The molecule has 0 N–H and O–H groups in total. The summed E-state index contributed by atoms with van der Waals surface area (Å²) < 4.78 is 56.8. The Hall–Kier alpha value is -0.207. The standard InChI is InChI=1S/C15H21F4Si.Ga.2H/c1-8(2)20(9(3)4,10(5)6)15-13(18)11(16)7-12(17)14(15)19;;;/h8-10H,1-6H3;;;. The monoisotopic (exact) mass is 376 g/mol. The first kappa shape index (κ1) is 18.8. The first-order valence-corrected chi connectivity index (χ1v) is 11.7. The molecular formula is C15H23F4GaSi. The molecule has 118 valence electrons. The molecule has 0 bridgehead atoms. The van der Waals surface area contributed by atoms with Gasteiger partial charge in [-0.3, -0.25) is 0 Å². The topological polar surface area (TPSA) is 0 Å². The number of hydrogen-bond acceptors (Lipinski definition) is 0. The van der Waals surface area contributed by atoms with Crippen molar-refractivity contribution in [3.05, 3.63) is 23.3 Å². The molecule has 0 fully saturated rings. The zero-order chi connectivity index (χ0) is 16.7. The van der Waals surface area contributed by atoms with E-state index in [1.807, 2.05) is 41.5 Å². The minimum absolute atomic E-state index is 0.0236. The summed E-state index contributed by atoms with van der Waals surface area (Å²) in [7, 11) is -2.79. The number of halogens is 4. The Bertz CT molecular complexity index is 490. The van der Waals surface area contributed by atoms with Crippen molar-refractivity contribution in [3.8, 4) is 0 Å². The Morgan fingerprint density at radius 3 is 1.19 bits per heavy atom. The van der Waals surface area contributed by atoms with Gasteiger partial charge >= 0.3 is 135 Å². The fourth-order valence-electron chi connectivity index (χ4n) is 3.99. The molecule has 6 heteroatoms. The first-order valence-electron chi connectivity index (χ1n) is 7.34. The summed E-state index contributed by atoms with van der Waals surface area (Å²) in [6, 6.07) is 0. The molecule has 0 nitrogen and oxygen atoms in total. The fraction of sp³-hybridized carbons (Fsp3) is 0.600. The second-order valence-corrected chi connectivity index (χ2v) is 14.6. The van der Waals surface area contributed by atoms with Gasteiger partial charge in [0.1, 0.15) is 0 Å². The van der Waals surface area contributed by atoms with Crippen molar-refractivity contribution < 1.29 is 17.6 Å². The van der Waals surface area contributed by atoms with Crippen LogP contribution in [-0.4, -0.2) is 26.7 Å². The molecule has 0 aliphatic carbocycles. The Balaban J connectivity index is 3.93. The van der Waals surface area contributed by atoms with Crippen LogP contribution >= 0.6 is 0 Å². The van der Waals surface area contributed by atoms with E-state index in [-0.39, 0.29) is 21.8 Å². The average molecular weight is 377 g/mol. The molecule has 0 unspecified atom stereocenters. The van der Waals surface area contributed by atoms with E-state index >= 15 is 0 Å². The third-order valence-electron chi connectivity index (χ3n) is 4.78. The van der Waals surface area contributed by atoms with Gasteiger partial charge in [-0.05, 0) is 0 Å². The van der Waals surface area contributed by atoms with E-state index in [9.17, 15) is 17.6 Å². The van der Waals surface area contributed by atoms with E-state index in [0.29, 0.717) is 0 Å². The predicted molar refractivity (Wildman–Crippen MR) is 85.1 cm³/mol. The van der Waals surface area contributed by atoms with Crippen molar-refractivity contribution in [2.45, 2.75) is 58.2 Å². The molecule has 0 aliphatic rings. The van der Waals surface area contributed by atoms with Crippen LogP contribution in [0.15, 0.2) is 0 Å². The van der Waals surface area contributed by atoms with Crippen LogP contribution in [0.4, 0.5) is 17.6 Å². The normalized spacial score (nSPS) is 12.8. The van der Waals surface area contributed by atoms with E-state index in [2.05, 4.69) is 0 Å². The van der Waals surface area contributed by atoms with Gasteiger partial charge < -0.3 is 0 Å². The van der Waals surface area contributed by atoms with Gasteiger partial charge in [-0.15, -0.1) is 0 Å².